The molecular weight excluding hydrogens is 394 g/mol. The summed E-state index contributed by atoms with van der Waals surface area (Å²) in [7, 11) is -1.12. The van der Waals surface area contributed by atoms with Gasteiger partial charge in [-0.25, -0.2) is 9.78 Å². The van der Waals surface area contributed by atoms with Crippen LogP contribution in [-0.4, -0.2) is 35.9 Å². The number of imidazole rings is 1. The number of ether oxygens (including phenoxy) is 2. The summed E-state index contributed by atoms with van der Waals surface area (Å²) in [6, 6.07) is 8.66. The zero-order chi connectivity index (χ0) is 22.5. The smallest absolute Gasteiger partial charge is 0.412 e. The Hall–Kier alpha value is -2.38. The van der Waals surface area contributed by atoms with Crippen LogP contribution in [0.1, 0.15) is 37.7 Å². The van der Waals surface area contributed by atoms with E-state index in [0.717, 1.165) is 35.2 Å². The zero-order valence-electron chi connectivity index (χ0n) is 19.3. The van der Waals surface area contributed by atoms with Gasteiger partial charge in [-0.1, -0.05) is 38.4 Å². The second-order valence-electron chi connectivity index (χ2n) is 9.68. The average molecular weight is 430 g/mol. The predicted octanol–water partition coefficient (Wildman–Crippen LogP) is 5.91. The molecule has 30 heavy (non-hydrogen) atoms. The van der Waals surface area contributed by atoms with Crippen LogP contribution in [0.5, 0.6) is 0 Å². The quantitative estimate of drug-likeness (QED) is 0.418. The summed E-state index contributed by atoms with van der Waals surface area (Å²) < 4.78 is 13.2. The highest BCUT2D eigenvalue weighted by Crippen LogP contribution is 2.26. The van der Waals surface area contributed by atoms with Crippen LogP contribution in [0, 0.1) is 6.92 Å². The van der Waals surface area contributed by atoms with Gasteiger partial charge in [-0.05, 0) is 51.4 Å². The van der Waals surface area contributed by atoms with Gasteiger partial charge in [-0.3, -0.25) is 5.32 Å². The van der Waals surface area contributed by atoms with Crippen molar-refractivity contribution in [3.63, 3.8) is 0 Å². The van der Waals surface area contributed by atoms with Crippen molar-refractivity contribution >= 4 is 25.4 Å². The van der Waals surface area contributed by atoms with Crippen molar-refractivity contribution < 1.29 is 14.3 Å². The van der Waals surface area contributed by atoms with Crippen molar-refractivity contribution in [1.29, 1.82) is 0 Å². The molecule has 0 unspecified atom stereocenters. The molecule has 0 saturated carbocycles. The molecule has 1 amide bonds. The topological polar surface area (TPSA) is 65.4 Å². The lowest BCUT2D eigenvalue weighted by Gasteiger charge is -2.19. The molecule has 1 aromatic carbocycles. The van der Waals surface area contributed by atoms with Gasteiger partial charge in [0.25, 0.3) is 0 Å². The summed E-state index contributed by atoms with van der Waals surface area (Å²) in [4.78, 5) is 16.4. The third-order valence-electron chi connectivity index (χ3n) is 4.41. The molecule has 0 radical (unpaired) electrons. The van der Waals surface area contributed by atoms with Crippen molar-refractivity contribution in [3.05, 3.63) is 54.1 Å². The van der Waals surface area contributed by atoms with Crippen LogP contribution in [0.4, 0.5) is 10.5 Å². The Labute approximate surface area is 181 Å². The minimum atomic E-state index is -1.12. The van der Waals surface area contributed by atoms with Crippen molar-refractivity contribution in [2.24, 2.45) is 0 Å². The van der Waals surface area contributed by atoms with Crippen LogP contribution >= 0.6 is 0 Å². The van der Waals surface area contributed by atoms with Gasteiger partial charge in [0.05, 0.1) is 17.7 Å². The van der Waals surface area contributed by atoms with E-state index in [4.69, 9.17) is 9.47 Å². The maximum absolute atomic E-state index is 11.9. The van der Waals surface area contributed by atoms with E-state index in [2.05, 4.69) is 36.5 Å². The number of aryl methyl sites for hydroxylation is 1. The van der Waals surface area contributed by atoms with E-state index in [9.17, 15) is 4.79 Å². The maximum Gasteiger partial charge on any atom is 0.412 e. The largest absolute Gasteiger partial charge is 0.444 e. The molecule has 0 atom stereocenters. The van der Waals surface area contributed by atoms with E-state index >= 15 is 0 Å². The summed E-state index contributed by atoms with van der Waals surface area (Å²) in [5.41, 5.74) is 3.81. The molecule has 2 rings (SSSR count). The van der Waals surface area contributed by atoms with Crippen molar-refractivity contribution in [1.82, 2.24) is 9.55 Å². The van der Waals surface area contributed by atoms with Crippen LogP contribution < -0.4 is 5.32 Å². The number of aromatic nitrogens is 2. The van der Waals surface area contributed by atoms with Crippen LogP contribution in [0.25, 0.3) is 5.57 Å². The molecule has 0 fully saturated rings. The fourth-order valence-electron chi connectivity index (χ4n) is 2.83. The minimum Gasteiger partial charge on any atom is -0.444 e. The number of benzene rings is 1. The Balaban J connectivity index is 2.04. The predicted molar refractivity (Wildman–Crippen MR) is 126 cm³/mol. The maximum atomic E-state index is 11.9. The second-order valence-corrected chi connectivity index (χ2v) is 15.3. The van der Waals surface area contributed by atoms with E-state index in [-0.39, 0.29) is 0 Å². The molecule has 0 aliphatic heterocycles. The first-order valence-corrected chi connectivity index (χ1v) is 14.0. The van der Waals surface area contributed by atoms with Gasteiger partial charge in [0.2, 0.25) is 0 Å². The molecule has 1 N–H and O–H groups in total. The summed E-state index contributed by atoms with van der Waals surface area (Å²) >= 11 is 0. The normalized spacial score (nSPS) is 12.0. The van der Waals surface area contributed by atoms with Gasteiger partial charge in [-0.15, -0.1) is 0 Å². The Kier molecular flexibility index (Phi) is 7.66. The molecule has 2 aromatic rings. The number of hydrogen-bond donors (Lipinski definition) is 1. The van der Waals surface area contributed by atoms with E-state index in [1.165, 1.54) is 0 Å². The van der Waals surface area contributed by atoms with Gasteiger partial charge in [0.15, 0.2) is 0 Å². The first-order valence-electron chi connectivity index (χ1n) is 10.2. The van der Waals surface area contributed by atoms with Crippen molar-refractivity contribution in [2.45, 2.75) is 65.7 Å². The van der Waals surface area contributed by atoms with Crippen LogP contribution in [0.2, 0.25) is 25.7 Å². The fourth-order valence-corrected chi connectivity index (χ4v) is 3.58. The lowest BCUT2D eigenvalue weighted by molar-refractivity contribution is 0.0636. The van der Waals surface area contributed by atoms with E-state index in [1.54, 1.807) is 6.33 Å². The highest BCUT2D eigenvalue weighted by Gasteiger charge is 2.17. The second kappa shape index (κ2) is 9.62. The molecule has 7 heteroatoms. The molecule has 164 valence electrons. The summed E-state index contributed by atoms with van der Waals surface area (Å²) in [5, 5.41) is 2.74. The molecule has 1 heterocycles. The molecule has 0 aliphatic rings. The molecular formula is C23H35N3O3Si. The number of nitrogens with zero attached hydrogens (tertiary/aromatic N) is 2. The molecule has 0 bridgehead atoms. The number of carbonyl (C=O) groups excluding carboxylic acids is 1. The fraction of sp³-hybridized carbons (Fsp3) is 0.478. The number of carbonyl (C=O) groups is 1. The minimum absolute atomic E-state index is 0.456. The SMILES string of the molecule is C=C(c1ccc(NC(=O)OC(C)(C)C)cc1)c1c(C)ncn1COCC[Si](C)(C)C. The highest BCUT2D eigenvalue weighted by atomic mass is 28.3. The number of amides is 1. The first-order chi connectivity index (χ1) is 13.9. The van der Waals surface area contributed by atoms with Gasteiger partial charge >= 0.3 is 6.09 Å². The van der Waals surface area contributed by atoms with Gasteiger partial charge in [-0.2, -0.15) is 0 Å². The van der Waals surface area contributed by atoms with Crippen LogP contribution in [-0.2, 0) is 16.2 Å². The zero-order valence-corrected chi connectivity index (χ0v) is 20.3. The number of hydrogen-bond acceptors (Lipinski definition) is 4. The number of anilines is 1. The van der Waals surface area contributed by atoms with E-state index < -0.39 is 19.8 Å². The highest BCUT2D eigenvalue weighted by molar-refractivity contribution is 6.76. The molecule has 0 aliphatic carbocycles. The monoisotopic (exact) mass is 429 g/mol. The Morgan fingerprint density at radius 1 is 1.20 bits per heavy atom. The van der Waals surface area contributed by atoms with Crippen molar-refractivity contribution in [2.75, 3.05) is 11.9 Å². The van der Waals surface area contributed by atoms with E-state index in [1.807, 2.05) is 56.5 Å². The Bertz CT molecular complexity index is 875. The van der Waals surface area contributed by atoms with Crippen LogP contribution in [0.3, 0.4) is 0 Å². The van der Waals surface area contributed by atoms with Crippen molar-refractivity contribution in [3.8, 4) is 0 Å². The third-order valence-corrected chi connectivity index (χ3v) is 6.12. The van der Waals surface area contributed by atoms with E-state index in [0.29, 0.717) is 12.4 Å². The Morgan fingerprint density at radius 2 is 1.83 bits per heavy atom. The molecule has 6 nitrogen and oxygen atoms in total. The van der Waals surface area contributed by atoms with Gasteiger partial charge in [0, 0.05) is 25.9 Å². The van der Waals surface area contributed by atoms with Gasteiger partial charge in [0.1, 0.15) is 12.3 Å². The third kappa shape index (κ3) is 7.46. The average Bonchev–Trinajstić information content (AvgIpc) is 2.97. The Morgan fingerprint density at radius 3 is 2.40 bits per heavy atom. The number of nitrogens with one attached hydrogen (secondary N) is 1. The summed E-state index contributed by atoms with van der Waals surface area (Å²) in [6.07, 6.45) is 1.32. The number of rotatable bonds is 8. The molecule has 0 saturated heterocycles. The first kappa shape index (κ1) is 23.9. The lowest BCUT2D eigenvalue weighted by Crippen LogP contribution is -2.27. The molecule has 1 aromatic heterocycles. The lowest BCUT2D eigenvalue weighted by atomic mass is 10.0. The molecule has 0 spiro atoms. The standard InChI is InChI=1S/C23H35N3O3Si/c1-17(19-9-11-20(12-10-19)25-22(27)29-23(3,4)5)21-18(2)24-15-26(21)16-28-13-14-30(6,7)8/h9-12,15H,1,13-14,16H2,2-8H3,(H,25,27). The van der Waals surface area contributed by atoms with Crippen LogP contribution in [0.15, 0.2) is 37.2 Å². The summed E-state index contributed by atoms with van der Waals surface area (Å²) in [6.45, 7) is 20.0. The summed E-state index contributed by atoms with van der Waals surface area (Å²) in [5.74, 6) is 0. The van der Waals surface area contributed by atoms with Gasteiger partial charge < -0.3 is 14.0 Å².